The minimum absolute atomic E-state index is 0.625. The summed E-state index contributed by atoms with van der Waals surface area (Å²) in [5.74, 6) is 1.73. The largest absolute Gasteiger partial charge is 0.382 e. The Morgan fingerprint density at radius 1 is 1.32 bits per heavy atom. The highest BCUT2D eigenvalue weighted by molar-refractivity contribution is 5.80. The number of hydrogen-bond donors (Lipinski definition) is 1. The van der Waals surface area contributed by atoms with Crippen LogP contribution in [0.5, 0.6) is 0 Å². The summed E-state index contributed by atoms with van der Waals surface area (Å²) in [6, 6.07) is 0.669. The molecule has 1 N–H and O–H groups in total. The van der Waals surface area contributed by atoms with Crippen LogP contribution in [-0.2, 0) is 9.47 Å². The van der Waals surface area contributed by atoms with Crippen LogP contribution in [0.4, 0.5) is 0 Å². The van der Waals surface area contributed by atoms with Gasteiger partial charge < -0.3 is 19.7 Å². The van der Waals surface area contributed by atoms with Gasteiger partial charge in [0.05, 0.1) is 19.8 Å². The quantitative estimate of drug-likeness (QED) is 0.427. The van der Waals surface area contributed by atoms with Gasteiger partial charge in [0.15, 0.2) is 5.96 Å². The van der Waals surface area contributed by atoms with Crippen LogP contribution in [0.15, 0.2) is 4.99 Å². The van der Waals surface area contributed by atoms with E-state index in [0.29, 0.717) is 25.2 Å². The summed E-state index contributed by atoms with van der Waals surface area (Å²) in [4.78, 5) is 6.98. The van der Waals surface area contributed by atoms with Gasteiger partial charge in [0.1, 0.15) is 0 Å². The molecule has 1 aliphatic heterocycles. The number of ether oxygens (including phenoxy) is 2. The molecule has 1 heterocycles. The van der Waals surface area contributed by atoms with Crippen molar-refractivity contribution in [2.24, 2.45) is 10.9 Å². The molecule has 5 nitrogen and oxygen atoms in total. The van der Waals surface area contributed by atoms with Gasteiger partial charge in [0.25, 0.3) is 0 Å². The van der Waals surface area contributed by atoms with Crippen LogP contribution < -0.4 is 5.32 Å². The van der Waals surface area contributed by atoms with Crippen LogP contribution in [0.3, 0.4) is 0 Å². The highest BCUT2D eigenvalue weighted by Gasteiger charge is 2.29. The molecule has 0 aromatic rings. The topological polar surface area (TPSA) is 46.1 Å². The van der Waals surface area contributed by atoms with E-state index in [1.807, 2.05) is 0 Å². The molecule has 2 aliphatic rings. The monoisotopic (exact) mass is 269 g/mol. The number of methoxy groups -OCH3 is 1. The van der Waals surface area contributed by atoms with Crippen molar-refractivity contribution in [2.75, 3.05) is 46.6 Å². The molecule has 1 saturated heterocycles. The first-order valence-corrected chi connectivity index (χ1v) is 7.46. The Morgan fingerprint density at radius 2 is 2.16 bits per heavy atom. The van der Waals surface area contributed by atoms with Crippen molar-refractivity contribution in [1.29, 1.82) is 0 Å². The first-order chi connectivity index (χ1) is 9.33. The van der Waals surface area contributed by atoms with Crippen molar-refractivity contribution in [2.45, 2.75) is 32.2 Å². The van der Waals surface area contributed by atoms with Crippen LogP contribution in [0.2, 0.25) is 0 Å². The fourth-order valence-electron chi connectivity index (χ4n) is 2.35. The fourth-order valence-corrected chi connectivity index (χ4v) is 2.35. The SMILES string of the molecule is CCN=C(NC1CC1)N1CCC(COCCOC)C1. The van der Waals surface area contributed by atoms with Gasteiger partial charge in [-0.2, -0.15) is 0 Å². The number of nitrogens with one attached hydrogen (secondary N) is 1. The van der Waals surface area contributed by atoms with Gasteiger partial charge in [-0.25, -0.2) is 0 Å². The molecule has 1 saturated carbocycles. The number of nitrogens with zero attached hydrogens (tertiary/aromatic N) is 2. The van der Waals surface area contributed by atoms with Crippen LogP contribution in [0, 0.1) is 5.92 Å². The Bertz CT molecular complexity index is 292. The first-order valence-electron chi connectivity index (χ1n) is 7.46. The molecule has 0 amide bonds. The van der Waals surface area contributed by atoms with E-state index in [0.717, 1.165) is 32.2 Å². The second-order valence-electron chi connectivity index (χ2n) is 5.38. The summed E-state index contributed by atoms with van der Waals surface area (Å²) < 4.78 is 10.6. The van der Waals surface area contributed by atoms with Gasteiger partial charge in [-0.1, -0.05) is 0 Å². The molecular formula is C14H27N3O2. The molecule has 2 fully saturated rings. The van der Waals surface area contributed by atoms with Crippen LogP contribution in [0.1, 0.15) is 26.2 Å². The molecule has 0 spiro atoms. The van der Waals surface area contributed by atoms with Crippen molar-refractivity contribution >= 4 is 5.96 Å². The second-order valence-corrected chi connectivity index (χ2v) is 5.38. The van der Waals surface area contributed by atoms with Gasteiger partial charge in [-0.05, 0) is 26.2 Å². The van der Waals surface area contributed by atoms with Gasteiger partial charge >= 0.3 is 0 Å². The lowest BCUT2D eigenvalue weighted by molar-refractivity contribution is 0.0536. The predicted octanol–water partition coefficient (Wildman–Crippen LogP) is 1.10. The summed E-state index contributed by atoms with van der Waals surface area (Å²) in [7, 11) is 1.71. The predicted molar refractivity (Wildman–Crippen MR) is 76.5 cm³/mol. The number of likely N-dealkylation sites (tertiary alicyclic amines) is 1. The van der Waals surface area contributed by atoms with Crippen molar-refractivity contribution in [1.82, 2.24) is 10.2 Å². The van der Waals surface area contributed by atoms with E-state index in [-0.39, 0.29) is 0 Å². The molecule has 2 rings (SSSR count). The summed E-state index contributed by atoms with van der Waals surface area (Å²) in [6.07, 6.45) is 3.78. The molecule has 0 aromatic heterocycles. The molecule has 1 aliphatic carbocycles. The third kappa shape index (κ3) is 4.99. The summed E-state index contributed by atoms with van der Waals surface area (Å²) >= 11 is 0. The van der Waals surface area contributed by atoms with Gasteiger partial charge in [-0.15, -0.1) is 0 Å². The van der Waals surface area contributed by atoms with E-state index in [1.165, 1.54) is 19.3 Å². The van der Waals surface area contributed by atoms with Gasteiger partial charge in [0.2, 0.25) is 0 Å². The highest BCUT2D eigenvalue weighted by Crippen LogP contribution is 2.21. The number of hydrogen-bond acceptors (Lipinski definition) is 3. The number of rotatable bonds is 7. The lowest BCUT2D eigenvalue weighted by Crippen LogP contribution is -2.41. The van der Waals surface area contributed by atoms with E-state index in [2.05, 4.69) is 22.1 Å². The average Bonchev–Trinajstić information content (AvgIpc) is 3.11. The van der Waals surface area contributed by atoms with Crippen molar-refractivity contribution in [3.05, 3.63) is 0 Å². The minimum atomic E-state index is 0.625. The van der Waals surface area contributed by atoms with Crippen LogP contribution in [0.25, 0.3) is 0 Å². The average molecular weight is 269 g/mol. The number of aliphatic imine (C=N–C) groups is 1. The van der Waals surface area contributed by atoms with Crippen LogP contribution in [-0.4, -0.2) is 63.5 Å². The summed E-state index contributed by atoms with van der Waals surface area (Å²) in [5.41, 5.74) is 0. The Hall–Kier alpha value is -0.810. The molecule has 5 heteroatoms. The zero-order chi connectivity index (χ0) is 13.5. The molecule has 19 heavy (non-hydrogen) atoms. The molecule has 1 unspecified atom stereocenters. The smallest absolute Gasteiger partial charge is 0.194 e. The molecule has 0 aromatic carbocycles. The minimum Gasteiger partial charge on any atom is -0.382 e. The lowest BCUT2D eigenvalue weighted by atomic mass is 10.1. The van der Waals surface area contributed by atoms with Crippen LogP contribution >= 0.6 is 0 Å². The van der Waals surface area contributed by atoms with Crippen molar-refractivity contribution < 1.29 is 9.47 Å². The maximum Gasteiger partial charge on any atom is 0.194 e. The lowest BCUT2D eigenvalue weighted by Gasteiger charge is -2.22. The Morgan fingerprint density at radius 3 is 2.84 bits per heavy atom. The molecule has 110 valence electrons. The van der Waals surface area contributed by atoms with Gasteiger partial charge in [-0.3, -0.25) is 4.99 Å². The Labute approximate surface area is 116 Å². The third-order valence-corrected chi connectivity index (χ3v) is 3.59. The van der Waals surface area contributed by atoms with E-state index in [4.69, 9.17) is 9.47 Å². The second kappa shape index (κ2) is 7.70. The molecule has 1 atom stereocenters. The maximum absolute atomic E-state index is 5.63. The zero-order valence-electron chi connectivity index (χ0n) is 12.2. The van der Waals surface area contributed by atoms with Gasteiger partial charge in [0, 0.05) is 38.7 Å². The van der Waals surface area contributed by atoms with E-state index >= 15 is 0 Å². The summed E-state index contributed by atoms with van der Waals surface area (Å²) in [6.45, 7) is 7.31. The van der Waals surface area contributed by atoms with E-state index in [1.54, 1.807) is 7.11 Å². The number of guanidine groups is 1. The third-order valence-electron chi connectivity index (χ3n) is 3.59. The van der Waals surface area contributed by atoms with E-state index < -0.39 is 0 Å². The maximum atomic E-state index is 5.63. The standard InChI is InChI=1S/C14H27N3O2/c1-3-15-14(16-13-4-5-13)17-7-6-12(10-17)11-19-9-8-18-2/h12-13H,3-11H2,1-2H3,(H,15,16). The fraction of sp³-hybridized carbons (Fsp3) is 0.929. The zero-order valence-corrected chi connectivity index (χ0v) is 12.2. The normalized spacial score (nSPS) is 24.0. The summed E-state index contributed by atoms with van der Waals surface area (Å²) in [5, 5.41) is 3.55. The first kappa shape index (κ1) is 14.6. The highest BCUT2D eigenvalue weighted by atomic mass is 16.5. The molecular weight excluding hydrogens is 242 g/mol. The molecule has 0 bridgehead atoms. The Balaban J connectivity index is 1.71. The van der Waals surface area contributed by atoms with E-state index in [9.17, 15) is 0 Å². The molecule has 0 radical (unpaired) electrons. The van der Waals surface area contributed by atoms with Crippen molar-refractivity contribution in [3.8, 4) is 0 Å². The Kier molecular flexibility index (Phi) is 5.92. The van der Waals surface area contributed by atoms with Crippen molar-refractivity contribution in [3.63, 3.8) is 0 Å².